The monoisotopic (exact) mass is 503 g/mol. The van der Waals surface area contributed by atoms with E-state index in [-0.39, 0.29) is 0 Å². The molecule has 10 heteroatoms. The third kappa shape index (κ3) is 3.93. The van der Waals surface area contributed by atoms with E-state index in [1.54, 1.807) is 31.5 Å². The molecule has 0 fully saturated rings. The smallest absolute Gasteiger partial charge is 0.249 e. The van der Waals surface area contributed by atoms with Gasteiger partial charge in [-0.1, -0.05) is 41.7 Å². The molecule has 0 aliphatic heterocycles. The number of thiazole rings is 1. The van der Waals surface area contributed by atoms with Crippen molar-refractivity contribution in [1.82, 2.24) is 24.3 Å². The Labute approximate surface area is 214 Å². The number of imidazole rings is 1. The first kappa shape index (κ1) is 22.3. The topological polar surface area (TPSA) is 132 Å². The van der Waals surface area contributed by atoms with Crippen LogP contribution in [0.15, 0.2) is 73.2 Å². The zero-order valence-electron chi connectivity index (χ0n) is 19.4. The number of methoxy groups -OCH3 is 1. The van der Waals surface area contributed by atoms with Gasteiger partial charge < -0.3 is 14.9 Å². The first-order valence-electron chi connectivity index (χ1n) is 11.1. The summed E-state index contributed by atoms with van der Waals surface area (Å²) in [5.74, 6) is 0.0720. The van der Waals surface area contributed by atoms with Crippen LogP contribution in [0.2, 0.25) is 0 Å². The Morgan fingerprint density at radius 2 is 1.84 bits per heavy atom. The Kier molecular flexibility index (Phi) is 5.32. The Morgan fingerprint density at radius 1 is 1.03 bits per heavy atom. The molecule has 1 amide bonds. The van der Waals surface area contributed by atoms with Gasteiger partial charge in [0.05, 0.1) is 36.2 Å². The molecule has 0 aliphatic rings. The second-order valence-electron chi connectivity index (χ2n) is 8.15. The van der Waals surface area contributed by atoms with Gasteiger partial charge in [0.25, 0.3) is 0 Å². The molecule has 0 saturated heterocycles. The van der Waals surface area contributed by atoms with E-state index >= 15 is 0 Å². The highest BCUT2D eigenvalue weighted by Crippen LogP contribution is 2.34. The van der Waals surface area contributed by atoms with Gasteiger partial charge >= 0.3 is 0 Å². The summed E-state index contributed by atoms with van der Waals surface area (Å²) in [4.78, 5) is 31.5. The van der Waals surface area contributed by atoms with Gasteiger partial charge in [-0.25, -0.2) is 19.9 Å². The molecular formula is C27H17N7O2S. The van der Waals surface area contributed by atoms with Gasteiger partial charge in [0, 0.05) is 29.1 Å². The molecule has 0 radical (unpaired) electrons. The number of ether oxygens (including phenoxy) is 1. The minimum absolute atomic E-state index is 0.342. The van der Waals surface area contributed by atoms with Crippen LogP contribution in [0.3, 0.4) is 0 Å². The summed E-state index contributed by atoms with van der Waals surface area (Å²) in [5, 5.41) is 9.67. The summed E-state index contributed by atoms with van der Waals surface area (Å²) < 4.78 is 7.33. The third-order valence-electron chi connectivity index (χ3n) is 5.91. The van der Waals surface area contributed by atoms with E-state index in [9.17, 15) is 4.79 Å². The van der Waals surface area contributed by atoms with E-state index in [1.807, 2.05) is 53.2 Å². The fourth-order valence-electron chi connectivity index (χ4n) is 4.11. The number of amides is 1. The Balaban J connectivity index is 1.43. The van der Waals surface area contributed by atoms with E-state index < -0.39 is 5.91 Å². The standard InChI is InChI=1S/C27H17N7O2S/c1-36-22-5-3-2-4-17(22)19-13-34-14-21(31-23(34)10-18(19)24(29)35)26-33-25-27(37-26)32-20(12-30-25)16-8-6-15(11-28)7-9-16/h2-10,12-14H,1H3,(H2,29,35). The fourth-order valence-corrected chi connectivity index (χ4v) is 4.96. The van der Waals surface area contributed by atoms with Crippen LogP contribution in [0.5, 0.6) is 5.75 Å². The van der Waals surface area contributed by atoms with E-state index in [2.05, 4.69) is 21.0 Å². The average Bonchev–Trinajstić information content (AvgIpc) is 3.55. The van der Waals surface area contributed by atoms with Crippen LogP contribution in [0.1, 0.15) is 15.9 Å². The number of fused-ring (bicyclic) bond motifs is 2. The van der Waals surface area contributed by atoms with Crippen LogP contribution in [0.4, 0.5) is 0 Å². The molecule has 0 spiro atoms. The van der Waals surface area contributed by atoms with Crippen molar-refractivity contribution in [2.75, 3.05) is 7.11 Å². The number of pyridine rings is 1. The van der Waals surface area contributed by atoms with Crippen molar-refractivity contribution >= 4 is 33.4 Å². The number of hydrogen-bond donors (Lipinski definition) is 1. The molecule has 6 aromatic rings. The van der Waals surface area contributed by atoms with Crippen LogP contribution in [0, 0.1) is 11.3 Å². The zero-order valence-corrected chi connectivity index (χ0v) is 20.2. The van der Waals surface area contributed by atoms with E-state index in [0.717, 1.165) is 11.1 Å². The van der Waals surface area contributed by atoms with Gasteiger partial charge in [-0.15, -0.1) is 0 Å². The quantitative estimate of drug-likeness (QED) is 0.360. The summed E-state index contributed by atoms with van der Waals surface area (Å²) >= 11 is 1.37. The Bertz CT molecular complexity index is 1870. The molecule has 2 aromatic carbocycles. The molecular weight excluding hydrogens is 486 g/mol. The average molecular weight is 504 g/mol. The molecule has 0 saturated carbocycles. The van der Waals surface area contributed by atoms with E-state index in [4.69, 9.17) is 20.7 Å². The summed E-state index contributed by atoms with van der Waals surface area (Å²) in [5.41, 5.74) is 11.3. The van der Waals surface area contributed by atoms with Crippen molar-refractivity contribution in [3.63, 3.8) is 0 Å². The second kappa shape index (κ2) is 8.82. The number of nitriles is 1. The fraction of sp³-hybridized carbons (Fsp3) is 0.0370. The number of carbonyl (C=O) groups is 1. The minimum Gasteiger partial charge on any atom is -0.496 e. The highest BCUT2D eigenvalue weighted by atomic mass is 32.1. The van der Waals surface area contributed by atoms with Crippen molar-refractivity contribution in [2.24, 2.45) is 5.73 Å². The molecule has 6 rings (SSSR count). The lowest BCUT2D eigenvalue weighted by molar-refractivity contribution is 0.100. The third-order valence-corrected chi connectivity index (χ3v) is 6.87. The number of nitrogens with two attached hydrogens (primary N) is 1. The highest BCUT2D eigenvalue weighted by Gasteiger charge is 2.18. The van der Waals surface area contributed by atoms with Gasteiger partial charge in [0.15, 0.2) is 10.5 Å². The normalized spacial score (nSPS) is 11.0. The lowest BCUT2D eigenvalue weighted by atomic mass is 10.0. The van der Waals surface area contributed by atoms with Crippen LogP contribution in [-0.2, 0) is 0 Å². The van der Waals surface area contributed by atoms with Crippen molar-refractivity contribution in [1.29, 1.82) is 5.26 Å². The molecule has 0 atom stereocenters. The summed E-state index contributed by atoms with van der Waals surface area (Å²) in [6, 6.07) is 18.4. The molecule has 0 unspecified atom stereocenters. The predicted molar refractivity (Wildman–Crippen MR) is 140 cm³/mol. The molecule has 37 heavy (non-hydrogen) atoms. The molecule has 0 bridgehead atoms. The summed E-state index contributed by atoms with van der Waals surface area (Å²) in [7, 11) is 1.58. The Morgan fingerprint density at radius 3 is 2.59 bits per heavy atom. The van der Waals surface area contributed by atoms with Gasteiger partial charge in [-0.05, 0) is 24.3 Å². The molecule has 0 aliphatic carbocycles. The Hall–Kier alpha value is -5.14. The maximum atomic E-state index is 12.3. The van der Waals surface area contributed by atoms with Crippen LogP contribution in [0.25, 0.3) is 49.2 Å². The maximum Gasteiger partial charge on any atom is 0.249 e. The van der Waals surface area contributed by atoms with E-state index in [1.165, 1.54) is 11.3 Å². The minimum atomic E-state index is -0.559. The number of hydrogen-bond acceptors (Lipinski definition) is 8. The van der Waals surface area contributed by atoms with Gasteiger partial charge in [-0.2, -0.15) is 5.26 Å². The van der Waals surface area contributed by atoms with Crippen molar-refractivity contribution < 1.29 is 9.53 Å². The summed E-state index contributed by atoms with van der Waals surface area (Å²) in [6.45, 7) is 0. The molecule has 2 N–H and O–H groups in total. The SMILES string of the molecule is COc1ccccc1-c1cn2cc(-c3nc4ncc(-c5ccc(C#N)cc5)nc4s3)nc2cc1C(N)=O. The lowest BCUT2D eigenvalue weighted by Gasteiger charge is -2.12. The molecule has 4 aromatic heterocycles. The van der Waals surface area contributed by atoms with Crippen molar-refractivity contribution in [3.05, 3.63) is 84.3 Å². The zero-order chi connectivity index (χ0) is 25.5. The van der Waals surface area contributed by atoms with Gasteiger partial charge in [0.1, 0.15) is 22.1 Å². The lowest BCUT2D eigenvalue weighted by Crippen LogP contribution is -2.13. The number of carbonyl (C=O) groups excluding carboxylic acids is 1. The number of nitrogens with zero attached hydrogens (tertiary/aromatic N) is 6. The van der Waals surface area contributed by atoms with Gasteiger partial charge in [-0.3, -0.25) is 4.79 Å². The highest BCUT2D eigenvalue weighted by molar-refractivity contribution is 7.21. The number of primary amides is 1. The second-order valence-corrected chi connectivity index (χ2v) is 9.13. The van der Waals surface area contributed by atoms with Crippen molar-refractivity contribution in [2.45, 2.75) is 0 Å². The molecule has 178 valence electrons. The number of rotatable bonds is 5. The predicted octanol–water partition coefficient (Wildman–Crippen LogP) is 4.71. The van der Waals surface area contributed by atoms with Crippen LogP contribution in [-0.4, -0.2) is 37.4 Å². The van der Waals surface area contributed by atoms with Crippen LogP contribution < -0.4 is 10.5 Å². The first-order valence-corrected chi connectivity index (χ1v) is 12.0. The number of aromatic nitrogens is 5. The molecule has 9 nitrogen and oxygen atoms in total. The largest absolute Gasteiger partial charge is 0.496 e. The summed E-state index contributed by atoms with van der Waals surface area (Å²) in [6.07, 6.45) is 5.32. The maximum absolute atomic E-state index is 12.3. The first-order chi connectivity index (χ1) is 18.0. The van der Waals surface area contributed by atoms with Crippen LogP contribution >= 0.6 is 11.3 Å². The molecule has 4 heterocycles. The number of benzene rings is 2. The van der Waals surface area contributed by atoms with E-state index in [0.29, 0.717) is 55.0 Å². The van der Waals surface area contributed by atoms with Gasteiger partial charge in [0.2, 0.25) is 5.91 Å². The van der Waals surface area contributed by atoms with Crippen molar-refractivity contribution in [3.8, 4) is 44.9 Å². The number of para-hydroxylation sites is 1.